The number of benzene rings is 2. The maximum absolute atomic E-state index is 14.1. The van der Waals surface area contributed by atoms with Gasteiger partial charge in [-0.05, 0) is 36.2 Å². The van der Waals surface area contributed by atoms with Crippen molar-refractivity contribution >= 4 is 15.9 Å². The van der Waals surface area contributed by atoms with Crippen LogP contribution in [0, 0.1) is 5.82 Å². The Bertz CT molecular complexity index is 558. The highest BCUT2D eigenvalue weighted by molar-refractivity contribution is 9.10. The Morgan fingerprint density at radius 3 is 2.10 bits per heavy atom. The molecule has 0 amide bonds. The van der Waals surface area contributed by atoms with Gasteiger partial charge in [-0.3, -0.25) is 0 Å². The fraction of sp³-hybridized carbons (Fsp3) is 0.294. The minimum atomic E-state index is -0.202. The van der Waals surface area contributed by atoms with Gasteiger partial charge in [-0.1, -0.05) is 60.1 Å². The summed E-state index contributed by atoms with van der Waals surface area (Å²) in [6.07, 6.45) is 0. The average molecular weight is 336 g/mol. The number of halogens is 2. The van der Waals surface area contributed by atoms with Crippen LogP contribution in [0.5, 0.6) is 0 Å². The van der Waals surface area contributed by atoms with E-state index < -0.39 is 0 Å². The molecule has 0 heterocycles. The van der Waals surface area contributed by atoms with Gasteiger partial charge in [0.1, 0.15) is 5.82 Å². The highest BCUT2D eigenvalue weighted by atomic mass is 79.9. The van der Waals surface area contributed by atoms with E-state index in [4.69, 9.17) is 0 Å². The van der Waals surface area contributed by atoms with Crippen molar-refractivity contribution in [2.24, 2.45) is 0 Å². The summed E-state index contributed by atoms with van der Waals surface area (Å²) in [4.78, 5) is 0. The first-order chi connectivity index (χ1) is 9.54. The van der Waals surface area contributed by atoms with Crippen LogP contribution < -0.4 is 5.32 Å². The topological polar surface area (TPSA) is 12.0 Å². The smallest absolute Gasteiger partial charge is 0.129 e. The fourth-order valence-corrected chi connectivity index (χ4v) is 2.91. The van der Waals surface area contributed by atoms with E-state index >= 15 is 0 Å². The predicted molar refractivity (Wildman–Crippen MR) is 85.5 cm³/mol. The largest absolute Gasteiger partial charge is 0.309 e. The zero-order valence-corrected chi connectivity index (χ0v) is 13.5. The zero-order valence-electron chi connectivity index (χ0n) is 12.0. The molecule has 106 valence electrons. The van der Waals surface area contributed by atoms with Gasteiger partial charge in [-0.25, -0.2) is 4.39 Å². The first kappa shape index (κ1) is 15.2. The number of hydrogen-bond acceptors (Lipinski definition) is 1. The first-order valence-corrected chi connectivity index (χ1v) is 7.55. The number of nitrogens with one attached hydrogen (secondary N) is 1. The van der Waals surface area contributed by atoms with Crippen molar-refractivity contribution < 1.29 is 4.39 Å². The molecule has 1 nitrogen and oxygen atoms in total. The predicted octanol–water partition coefficient (Wildman–Crippen LogP) is 5.02. The van der Waals surface area contributed by atoms with Crippen molar-refractivity contribution in [3.8, 4) is 0 Å². The molecule has 0 bridgehead atoms. The summed E-state index contributed by atoms with van der Waals surface area (Å²) in [7, 11) is 1.85. The monoisotopic (exact) mass is 335 g/mol. The van der Waals surface area contributed by atoms with Crippen molar-refractivity contribution in [3.63, 3.8) is 0 Å². The van der Waals surface area contributed by atoms with Crippen LogP contribution in [0.1, 0.15) is 42.5 Å². The quantitative estimate of drug-likeness (QED) is 0.827. The Morgan fingerprint density at radius 1 is 1.00 bits per heavy atom. The summed E-state index contributed by atoms with van der Waals surface area (Å²) in [5.41, 5.74) is 2.99. The lowest BCUT2D eigenvalue weighted by molar-refractivity contribution is 0.574. The SMILES string of the molecule is CNC(c1ccc(C(C)C)cc1)c1c(F)cccc1Br. The van der Waals surface area contributed by atoms with Crippen molar-refractivity contribution in [2.75, 3.05) is 7.05 Å². The molecule has 20 heavy (non-hydrogen) atoms. The van der Waals surface area contributed by atoms with Crippen molar-refractivity contribution in [3.05, 3.63) is 69.4 Å². The molecule has 0 saturated heterocycles. The molecule has 1 atom stereocenters. The summed E-state index contributed by atoms with van der Waals surface area (Å²) >= 11 is 3.44. The molecule has 3 heteroatoms. The van der Waals surface area contributed by atoms with Gasteiger partial charge in [0.25, 0.3) is 0 Å². The van der Waals surface area contributed by atoms with Gasteiger partial charge < -0.3 is 5.32 Å². The lowest BCUT2D eigenvalue weighted by Crippen LogP contribution is -2.19. The molecular weight excluding hydrogens is 317 g/mol. The van der Waals surface area contributed by atoms with E-state index in [-0.39, 0.29) is 11.9 Å². The van der Waals surface area contributed by atoms with Crippen LogP contribution in [0.2, 0.25) is 0 Å². The second-order valence-corrected chi connectivity index (χ2v) is 6.03. The molecule has 0 saturated carbocycles. The second-order valence-electron chi connectivity index (χ2n) is 5.18. The molecule has 1 unspecified atom stereocenters. The van der Waals surface area contributed by atoms with Gasteiger partial charge in [0.15, 0.2) is 0 Å². The van der Waals surface area contributed by atoms with Crippen molar-refractivity contribution in [1.29, 1.82) is 0 Å². The highest BCUT2D eigenvalue weighted by Gasteiger charge is 2.19. The summed E-state index contributed by atoms with van der Waals surface area (Å²) in [5.74, 6) is 0.295. The third-order valence-corrected chi connectivity index (χ3v) is 4.21. The van der Waals surface area contributed by atoms with Gasteiger partial charge >= 0.3 is 0 Å². The summed E-state index contributed by atoms with van der Waals surface area (Å²) < 4.78 is 14.9. The van der Waals surface area contributed by atoms with E-state index in [0.717, 1.165) is 10.0 Å². The Morgan fingerprint density at radius 2 is 1.60 bits per heavy atom. The van der Waals surface area contributed by atoms with E-state index in [2.05, 4.69) is 59.4 Å². The van der Waals surface area contributed by atoms with E-state index in [1.807, 2.05) is 13.1 Å². The van der Waals surface area contributed by atoms with Crippen LogP contribution in [0.3, 0.4) is 0 Å². The third kappa shape index (κ3) is 3.10. The maximum atomic E-state index is 14.1. The molecule has 0 radical (unpaired) electrons. The molecule has 2 aromatic rings. The Hall–Kier alpha value is -1.19. The van der Waals surface area contributed by atoms with E-state index in [9.17, 15) is 4.39 Å². The molecule has 0 aliphatic heterocycles. The minimum absolute atomic E-state index is 0.160. The number of rotatable bonds is 4. The summed E-state index contributed by atoms with van der Waals surface area (Å²) in [5, 5.41) is 3.19. The van der Waals surface area contributed by atoms with Crippen LogP contribution in [-0.2, 0) is 0 Å². The standard InChI is InChI=1S/C17H19BrFN/c1-11(2)12-7-9-13(10-8-12)17(20-3)16-14(18)5-4-6-15(16)19/h4-11,17,20H,1-3H3. The first-order valence-electron chi connectivity index (χ1n) is 6.75. The maximum Gasteiger partial charge on any atom is 0.129 e. The number of hydrogen-bond donors (Lipinski definition) is 1. The van der Waals surface area contributed by atoms with Gasteiger partial charge in [-0.2, -0.15) is 0 Å². The highest BCUT2D eigenvalue weighted by Crippen LogP contribution is 2.31. The molecule has 2 rings (SSSR count). The van der Waals surface area contributed by atoms with Gasteiger partial charge in [0.05, 0.1) is 6.04 Å². The van der Waals surface area contributed by atoms with Crippen molar-refractivity contribution in [1.82, 2.24) is 5.32 Å². The second kappa shape index (κ2) is 6.51. The normalized spacial score (nSPS) is 12.7. The van der Waals surface area contributed by atoms with Crippen LogP contribution in [-0.4, -0.2) is 7.05 Å². The third-order valence-electron chi connectivity index (χ3n) is 3.51. The minimum Gasteiger partial charge on any atom is -0.309 e. The molecular formula is C17H19BrFN. The molecule has 0 spiro atoms. The van der Waals surface area contributed by atoms with Gasteiger partial charge in [0, 0.05) is 10.0 Å². The Balaban J connectivity index is 2.42. The lowest BCUT2D eigenvalue weighted by atomic mass is 9.95. The lowest BCUT2D eigenvalue weighted by Gasteiger charge is -2.20. The molecule has 0 aromatic heterocycles. The van der Waals surface area contributed by atoms with Gasteiger partial charge in [0.2, 0.25) is 0 Å². The summed E-state index contributed by atoms with van der Waals surface area (Å²) in [6, 6.07) is 13.3. The van der Waals surface area contributed by atoms with E-state index in [0.29, 0.717) is 11.5 Å². The molecule has 0 aliphatic rings. The zero-order chi connectivity index (χ0) is 14.7. The Kier molecular flexibility index (Phi) is 4.95. The Labute approximate surface area is 128 Å². The average Bonchev–Trinajstić information content (AvgIpc) is 2.43. The van der Waals surface area contributed by atoms with Gasteiger partial charge in [-0.15, -0.1) is 0 Å². The van der Waals surface area contributed by atoms with Crippen molar-refractivity contribution in [2.45, 2.75) is 25.8 Å². The van der Waals surface area contributed by atoms with Crippen LogP contribution in [0.25, 0.3) is 0 Å². The molecule has 1 N–H and O–H groups in total. The molecule has 0 aliphatic carbocycles. The van der Waals surface area contributed by atoms with E-state index in [1.54, 1.807) is 6.07 Å². The van der Waals surface area contributed by atoms with Crippen LogP contribution in [0.4, 0.5) is 4.39 Å². The van der Waals surface area contributed by atoms with Crippen LogP contribution >= 0.6 is 15.9 Å². The van der Waals surface area contributed by atoms with Crippen LogP contribution in [0.15, 0.2) is 46.9 Å². The summed E-state index contributed by atoms with van der Waals surface area (Å²) in [6.45, 7) is 4.33. The molecule has 2 aromatic carbocycles. The fourth-order valence-electron chi connectivity index (χ4n) is 2.34. The molecule has 0 fully saturated rings. The van der Waals surface area contributed by atoms with E-state index in [1.165, 1.54) is 11.6 Å².